The van der Waals surface area contributed by atoms with Crippen LogP contribution in [0.2, 0.25) is 0 Å². The lowest BCUT2D eigenvalue weighted by molar-refractivity contribution is -0.144. The van der Waals surface area contributed by atoms with Crippen LogP contribution in [-0.4, -0.2) is 27.2 Å². The van der Waals surface area contributed by atoms with E-state index in [4.69, 9.17) is 5.11 Å². The SMILES string of the molecule is O=C(O)C1CCC(C(=O)NCc2cccnn2)CC1. The Morgan fingerprint density at radius 3 is 2.53 bits per heavy atom. The fraction of sp³-hybridized carbons (Fsp3) is 0.538. The monoisotopic (exact) mass is 263 g/mol. The summed E-state index contributed by atoms with van der Waals surface area (Å²) in [6.45, 7) is 0.367. The zero-order valence-electron chi connectivity index (χ0n) is 10.6. The van der Waals surface area contributed by atoms with E-state index in [0.717, 1.165) is 5.69 Å². The van der Waals surface area contributed by atoms with E-state index in [-0.39, 0.29) is 17.7 Å². The van der Waals surface area contributed by atoms with Crippen molar-refractivity contribution in [1.82, 2.24) is 15.5 Å². The van der Waals surface area contributed by atoms with E-state index < -0.39 is 5.97 Å². The maximum Gasteiger partial charge on any atom is 0.306 e. The Morgan fingerprint density at radius 2 is 1.95 bits per heavy atom. The summed E-state index contributed by atoms with van der Waals surface area (Å²) in [6, 6.07) is 3.57. The summed E-state index contributed by atoms with van der Waals surface area (Å²) in [5.41, 5.74) is 0.718. The predicted molar refractivity (Wildman–Crippen MR) is 67.0 cm³/mol. The average molecular weight is 263 g/mol. The van der Waals surface area contributed by atoms with Gasteiger partial charge < -0.3 is 10.4 Å². The van der Waals surface area contributed by atoms with Gasteiger partial charge in [0.25, 0.3) is 0 Å². The predicted octanol–water partition coefficient (Wildman–Crippen LogP) is 0.984. The molecule has 1 aromatic rings. The van der Waals surface area contributed by atoms with Crippen LogP contribution in [0.3, 0.4) is 0 Å². The number of nitrogens with one attached hydrogen (secondary N) is 1. The normalized spacial score (nSPS) is 22.7. The second-order valence-electron chi connectivity index (χ2n) is 4.82. The first-order chi connectivity index (χ1) is 9.16. The molecule has 0 aliphatic heterocycles. The molecule has 6 heteroatoms. The Labute approximate surface area is 111 Å². The summed E-state index contributed by atoms with van der Waals surface area (Å²) in [5, 5.41) is 19.3. The molecule has 1 saturated carbocycles. The second kappa shape index (κ2) is 6.26. The van der Waals surface area contributed by atoms with Gasteiger partial charge in [-0.1, -0.05) is 0 Å². The highest BCUT2D eigenvalue weighted by Crippen LogP contribution is 2.28. The van der Waals surface area contributed by atoms with Gasteiger partial charge in [0.2, 0.25) is 5.91 Å². The number of rotatable bonds is 4. The molecule has 102 valence electrons. The number of aromatic nitrogens is 2. The van der Waals surface area contributed by atoms with Crippen LogP contribution in [0.25, 0.3) is 0 Å². The van der Waals surface area contributed by atoms with E-state index in [2.05, 4.69) is 15.5 Å². The second-order valence-corrected chi connectivity index (χ2v) is 4.82. The van der Waals surface area contributed by atoms with Crippen LogP contribution in [0.15, 0.2) is 18.3 Å². The van der Waals surface area contributed by atoms with Crippen molar-refractivity contribution >= 4 is 11.9 Å². The maximum absolute atomic E-state index is 11.9. The molecule has 1 heterocycles. The van der Waals surface area contributed by atoms with Crippen molar-refractivity contribution in [3.05, 3.63) is 24.0 Å². The number of carboxylic acids is 1. The number of aliphatic carboxylic acids is 1. The molecule has 2 N–H and O–H groups in total. The highest BCUT2D eigenvalue weighted by Gasteiger charge is 2.29. The van der Waals surface area contributed by atoms with Crippen molar-refractivity contribution < 1.29 is 14.7 Å². The van der Waals surface area contributed by atoms with Crippen molar-refractivity contribution in [3.8, 4) is 0 Å². The van der Waals surface area contributed by atoms with Crippen LogP contribution in [0.1, 0.15) is 31.4 Å². The maximum atomic E-state index is 11.9. The Kier molecular flexibility index (Phi) is 4.43. The number of carbonyl (C=O) groups excluding carboxylic acids is 1. The molecule has 19 heavy (non-hydrogen) atoms. The summed E-state index contributed by atoms with van der Waals surface area (Å²) < 4.78 is 0. The highest BCUT2D eigenvalue weighted by molar-refractivity contribution is 5.79. The third kappa shape index (κ3) is 3.74. The molecule has 1 fully saturated rings. The van der Waals surface area contributed by atoms with Crippen molar-refractivity contribution in [2.24, 2.45) is 11.8 Å². The summed E-state index contributed by atoms with van der Waals surface area (Å²) in [6.07, 6.45) is 4.03. The molecular weight excluding hydrogens is 246 g/mol. The molecule has 1 aromatic heterocycles. The number of nitrogens with zero attached hydrogens (tertiary/aromatic N) is 2. The van der Waals surface area contributed by atoms with Crippen molar-refractivity contribution in [2.45, 2.75) is 32.2 Å². The zero-order valence-corrected chi connectivity index (χ0v) is 10.6. The van der Waals surface area contributed by atoms with Gasteiger partial charge in [-0.3, -0.25) is 9.59 Å². The lowest BCUT2D eigenvalue weighted by Crippen LogP contribution is -2.34. The van der Waals surface area contributed by atoms with Crippen LogP contribution in [0, 0.1) is 11.8 Å². The van der Waals surface area contributed by atoms with Gasteiger partial charge in [-0.25, -0.2) is 0 Å². The topological polar surface area (TPSA) is 92.2 Å². The van der Waals surface area contributed by atoms with Gasteiger partial charge in [-0.2, -0.15) is 10.2 Å². The highest BCUT2D eigenvalue weighted by atomic mass is 16.4. The van der Waals surface area contributed by atoms with Crippen molar-refractivity contribution in [1.29, 1.82) is 0 Å². The number of amides is 1. The number of carbonyl (C=O) groups is 2. The van der Waals surface area contributed by atoms with E-state index in [9.17, 15) is 9.59 Å². The third-order valence-electron chi connectivity index (χ3n) is 3.52. The van der Waals surface area contributed by atoms with Crippen LogP contribution >= 0.6 is 0 Å². The van der Waals surface area contributed by atoms with Gasteiger partial charge in [-0.15, -0.1) is 0 Å². The molecule has 0 unspecified atom stereocenters. The Hall–Kier alpha value is -1.98. The molecular formula is C13H17N3O3. The van der Waals surface area contributed by atoms with E-state index in [1.54, 1.807) is 18.3 Å². The molecule has 1 aliphatic carbocycles. The van der Waals surface area contributed by atoms with Gasteiger partial charge in [0.1, 0.15) is 0 Å². The van der Waals surface area contributed by atoms with Gasteiger partial charge in [0.15, 0.2) is 0 Å². The Morgan fingerprint density at radius 1 is 1.26 bits per heavy atom. The standard InChI is InChI=1S/C13H17N3O3/c17-12(14-8-11-2-1-7-15-16-11)9-3-5-10(6-4-9)13(18)19/h1-2,7,9-10H,3-6,8H2,(H,14,17)(H,18,19). The lowest BCUT2D eigenvalue weighted by Gasteiger charge is -2.25. The quantitative estimate of drug-likeness (QED) is 0.845. The minimum absolute atomic E-state index is 0.0190. The van der Waals surface area contributed by atoms with Gasteiger partial charge in [0.05, 0.1) is 18.2 Å². The van der Waals surface area contributed by atoms with Crippen LogP contribution in [0.4, 0.5) is 0 Å². The van der Waals surface area contributed by atoms with E-state index in [1.807, 2.05) is 0 Å². The average Bonchev–Trinajstić information content (AvgIpc) is 2.46. The molecule has 0 radical (unpaired) electrons. The van der Waals surface area contributed by atoms with Crippen molar-refractivity contribution in [2.75, 3.05) is 0 Å². The van der Waals surface area contributed by atoms with Crippen LogP contribution < -0.4 is 5.32 Å². The summed E-state index contributed by atoms with van der Waals surface area (Å²) >= 11 is 0. The fourth-order valence-corrected chi connectivity index (χ4v) is 2.35. The first-order valence-electron chi connectivity index (χ1n) is 6.44. The molecule has 0 spiro atoms. The first kappa shape index (κ1) is 13.5. The molecule has 1 aliphatic rings. The molecule has 0 saturated heterocycles. The smallest absolute Gasteiger partial charge is 0.306 e. The number of hydrogen-bond donors (Lipinski definition) is 2. The summed E-state index contributed by atoms with van der Waals surface area (Å²) in [4.78, 5) is 22.8. The Balaban J connectivity index is 1.77. The number of hydrogen-bond acceptors (Lipinski definition) is 4. The van der Waals surface area contributed by atoms with Gasteiger partial charge in [-0.05, 0) is 37.8 Å². The Bertz CT molecular complexity index is 442. The summed E-state index contributed by atoms with van der Waals surface area (Å²) in [7, 11) is 0. The largest absolute Gasteiger partial charge is 0.481 e. The minimum Gasteiger partial charge on any atom is -0.481 e. The molecule has 0 aromatic carbocycles. The van der Waals surface area contributed by atoms with Gasteiger partial charge >= 0.3 is 5.97 Å². The van der Waals surface area contributed by atoms with Crippen LogP contribution in [0.5, 0.6) is 0 Å². The van der Waals surface area contributed by atoms with E-state index >= 15 is 0 Å². The van der Waals surface area contributed by atoms with Crippen LogP contribution in [-0.2, 0) is 16.1 Å². The van der Waals surface area contributed by atoms with Gasteiger partial charge in [0, 0.05) is 12.1 Å². The zero-order chi connectivity index (χ0) is 13.7. The molecule has 0 atom stereocenters. The molecule has 0 bridgehead atoms. The van der Waals surface area contributed by atoms with E-state index in [0.29, 0.717) is 32.2 Å². The van der Waals surface area contributed by atoms with Crippen molar-refractivity contribution in [3.63, 3.8) is 0 Å². The molecule has 1 amide bonds. The summed E-state index contributed by atoms with van der Waals surface area (Å²) in [5.74, 6) is -1.13. The first-order valence-corrected chi connectivity index (χ1v) is 6.44. The molecule has 6 nitrogen and oxygen atoms in total. The minimum atomic E-state index is -0.751. The third-order valence-corrected chi connectivity index (χ3v) is 3.52. The molecule has 2 rings (SSSR count). The van der Waals surface area contributed by atoms with E-state index in [1.165, 1.54) is 0 Å². The number of carboxylic acid groups (broad SMARTS) is 1. The fourth-order valence-electron chi connectivity index (χ4n) is 2.35. The lowest BCUT2D eigenvalue weighted by atomic mass is 9.81.